The lowest BCUT2D eigenvalue weighted by Gasteiger charge is -2.22. The summed E-state index contributed by atoms with van der Waals surface area (Å²) in [7, 11) is -3.55. The molecule has 1 aromatic heterocycles. The molecule has 0 amide bonds. The zero-order valence-corrected chi connectivity index (χ0v) is 13.4. The van der Waals surface area contributed by atoms with Crippen LogP contribution in [-0.2, 0) is 10.0 Å². The van der Waals surface area contributed by atoms with E-state index >= 15 is 0 Å². The molecule has 6 nitrogen and oxygen atoms in total. The highest BCUT2D eigenvalue weighted by molar-refractivity contribution is 7.89. The van der Waals surface area contributed by atoms with Crippen molar-refractivity contribution in [2.45, 2.75) is 38.0 Å². The van der Waals surface area contributed by atoms with Gasteiger partial charge in [-0.25, -0.2) is 19.2 Å². The van der Waals surface area contributed by atoms with Gasteiger partial charge in [0.2, 0.25) is 10.0 Å². The second kappa shape index (κ2) is 6.72. The second-order valence-corrected chi connectivity index (χ2v) is 7.74. The van der Waals surface area contributed by atoms with Crippen LogP contribution in [0.4, 0.5) is 5.82 Å². The van der Waals surface area contributed by atoms with Crippen LogP contribution in [-0.4, -0.2) is 30.8 Å². The average molecular weight is 312 g/mol. The number of sulfonamides is 1. The monoisotopic (exact) mass is 312 g/mol. The Morgan fingerprint density at radius 3 is 2.81 bits per heavy atom. The highest BCUT2D eigenvalue weighted by atomic mass is 32.2. The third-order valence-corrected chi connectivity index (χ3v) is 6.13. The van der Waals surface area contributed by atoms with Crippen LogP contribution in [0.2, 0.25) is 0 Å². The number of hydrazine groups is 1. The normalized spacial score (nSPS) is 21.2. The minimum absolute atomic E-state index is 0.149. The van der Waals surface area contributed by atoms with Crippen molar-refractivity contribution < 1.29 is 8.42 Å². The standard InChI is InChI=1S/C14H24N4O2S/c1-11(2)12-5-4-9-18(10-7-12)21(19,20)13-6-3-8-16-14(13)17-15/h3,6,8,11-12H,4-5,7,9-10,15H2,1-2H3,(H,16,17). The van der Waals surface area contributed by atoms with E-state index in [1.54, 1.807) is 16.4 Å². The Kier molecular flexibility index (Phi) is 5.18. The van der Waals surface area contributed by atoms with Crippen LogP contribution in [0.25, 0.3) is 0 Å². The number of rotatable bonds is 4. The van der Waals surface area contributed by atoms with Gasteiger partial charge in [-0.15, -0.1) is 0 Å². The molecule has 21 heavy (non-hydrogen) atoms. The SMILES string of the molecule is CC(C)C1CCCN(S(=O)(=O)c2cccnc2NN)CC1. The van der Waals surface area contributed by atoms with Crippen LogP contribution < -0.4 is 11.3 Å². The van der Waals surface area contributed by atoms with Crippen LogP contribution in [0.5, 0.6) is 0 Å². The summed E-state index contributed by atoms with van der Waals surface area (Å²) in [6, 6.07) is 3.16. The van der Waals surface area contributed by atoms with Crippen LogP contribution >= 0.6 is 0 Å². The number of pyridine rings is 1. The Hall–Kier alpha value is -1.18. The van der Waals surface area contributed by atoms with E-state index in [9.17, 15) is 8.42 Å². The molecule has 0 saturated carbocycles. The van der Waals surface area contributed by atoms with E-state index in [1.165, 1.54) is 6.20 Å². The van der Waals surface area contributed by atoms with E-state index in [2.05, 4.69) is 24.3 Å². The van der Waals surface area contributed by atoms with Gasteiger partial charge in [-0.2, -0.15) is 4.31 Å². The van der Waals surface area contributed by atoms with Gasteiger partial charge in [0, 0.05) is 19.3 Å². The predicted octanol–water partition coefficient (Wildman–Crippen LogP) is 1.81. The lowest BCUT2D eigenvalue weighted by Crippen LogP contribution is -2.33. The van der Waals surface area contributed by atoms with E-state index in [1.807, 2.05) is 0 Å². The van der Waals surface area contributed by atoms with Crippen molar-refractivity contribution in [2.24, 2.45) is 17.7 Å². The number of hydrogen-bond donors (Lipinski definition) is 2. The number of nitrogen functional groups attached to an aromatic ring is 1. The van der Waals surface area contributed by atoms with E-state index in [0.29, 0.717) is 24.9 Å². The molecule has 1 saturated heterocycles. The first-order chi connectivity index (χ1) is 9.96. The molecule has 0 radical (unpaired) electrons. The third-order valence-electron chi connectivity index (χ3n) is 4.20. The van der Waals surface area contributed by atoms with Crippen molar-refractivity contribution in [1.82, 2.24) is 9.29 Å². The average Bonchev–Trinajstić information content (AvgIpc) is 2.73. The summed E-state index contributed by atoms with van der Waals surface area (Å²) in [5.74, 6) is 6.75. The van der Waals surface area contributed by atoms with Crippen LogP contribution in [0, 0.1) is 11.8 Å². The highest BCUT2D eigenvalue weighted by Crippen LogP contribution is 2.29. The first-order valence-corrected chi connectivity index (χ1v) is 8.82. The minimum atomic E-state index is -3.55. The molecule has 1 unspecified atom stereocenters. The molecule has 2 rings (SSSR count). The Bertz CT molecular complexity index is 574. The fraction of sp³-hybridized carbons (Fsp3) is 0.643. The maximum atomic E-state index is 12.8. The quantitative estimate of drug-likeness (QED) is 0.654. The third kappa shape index (κ3) is 3.53. The molecule has 0 spiro atoms. The molecule has 0 aromatic carbocycles. The van der Waals surface area contributed by atoms with Gasteiger partial charge in [0.25, 0.3) is 0 Å². The van der Waals surface area contributed by atoms with Crippen molar-refractivity contribution in [3.63, 3.8) is 0 Å². The molecule has 118 valence electrons. The smallest absolute Gasteiger partial charge is 0.246 e. The van der Waals surface area contributed by atoms with Crippen LogP contribution in [0.3, 0.4) is 0 Å². The van der Waals surface area contributed by atoms with Gasteiger partial charge in [0.05, 0.1) is 0 Å². The van der Waals surface area contributed by atoms with Crippen LogP contribution in [0.15, 0.2) is 23.2 Å². The largest absolute Gasteiger partial charge is 0.307 e. The van der Waals surface area contributed by atoms with Gasteiger partial charge < -0.3 is 5.43 Å². The Morgan fingerprint density at radius 2 is 2.14 bits per heavy atom. The summed E-state index contributed by atoms with van der Waals surface area (Å²) in [4.78, 5) is 4.13. The van der Waals surface area contributed by atoms with Gasteiger partial charge in [-0.3, -0.25) is 0 Å². The van der Waals surface area contributed by atoms with Crippen molar-refractivity contribution >= 4 is 15.8 Å². The molecule has 1 aliphatic rings. The van der Waals surface area contributed by atoms with Crippen molar-refractivity contribution in [3.8, 4) is 0 Å². The molecular formula is C14H24N4O2S. The second-order valence-electron chi connectivity index (χ2n) is 5.83. The van der Waals surface area contributed by atoms with Crippen molar-refractivity contribution in [3.05, 3.63) is 18.3 Å². The molecule has 2 heterocycles. The number of hydrogen-bond acceptors (Lipinski definition) is 5. The zero-order chi connectivity index (χ0) is 15.5. The molecule has 1 fully saturated rings. The summed E-state index contributed by atoms with van der Waals surface area (Å²) in [5.41, 5.74) is 2.37. The fourth-order valence-corrected chi connectivity index (χ4v) is 4.45. The molecule has 0 aliphatic carbocycles. The number of aromatic nitrogens is 1. The van der Waals surface area contributed by atoms with Gasteiger partial charge >= 0.3 is 0 Å². The summed E-state index contributed by atoms with van der Waals surface area (Å²) < 4.78 is 27.1. The van der Waals surface area contributed by atoms with Crippen molar-refractivity contribution in [2.75, 3.05) is 18.5 Å². The highest BCUT2D eigenvalue weighted by Gasteiger charge is 2.30. The first kappa shape index (κ1) is 16.2. The van der Waals surface area contributed by atoms with Gasteiger partial charge in [0.15, 0.2) is 5.82 Å². The zero-order valence-electron chi connectivity index (χ0n) is 12.6. The summed E-state index contributed by atoms with van der Waals surface area (Å²) in [6.07, 6.45) is 4.40. The fourth-order valence-electron chi connectivity index (χ4n) is 2.85. The maximum Gasteiger partial charge on any atom is 0.246 e. The van der Waals surface area contributed by atoms with E-state index < -0.39 is 10.0 Å². The molecule has 1 atom stereocenters. The van der Waals surface area contributed by atoms with Gasteiger partial charge in [-0.1, -0.05) is 13.8 Å². The van der Waals surface area contributed by atoms with Crippen LogP contribution in [0.1, 0.15) is 33.1 Å². The summed E-state index contributed by atoms with van der Waals surface area (Å²) in [5, 5.41) is 0. The lowest BCUT2D eigenvalue weighted by molar-refractivity contribution is 0.341. The van der Waals surface area contributed by atoms with E-state index in [4.69, 9.17) is 5.84 Å². The Balaban J connectivity index is 2.23. The summed E-state index contributed by atoms with van der Waals surface area (Å²) in [6.45, 7) is 5.52. The molecule has 1 aromatic rings. The van der Waals surface area contributed by atoms with E-state index in [0.717, 1.165) is 19.3 Å². The molecule has 3 N–H and O–H groups in total. The molecule has 0 bridgehead atoms. The molecule has 7 heteroatoms. The number of nitrogens with two attached hydrogens (primary N) is 1. The molecular weight excluding hydrogens is 288 g/mol. The van der Waals surface area contributed by atoms with Gasteiger partial charge in [0.1, 0.15) is 4.90 Å². The number of nitrogens with one attached hydrogen (secondary N) is 1. The number of anilines is 1. The maximum absolute atomic E-state index is 12.8. The minimum Gasteiger partial charge on any atom is -0.307 e. The predicted molar refractivity (Wildman–Crippen MR) is 83.0 cm³/mol. The van der Waals surface area contributed by atoms with E-state index in [-0.39, 0.29) is 10.7 Å². The summed E-state index contributed by atoms with van der Waals surface area (Å²) >= 11 is 0. The number of nitrogens with zero attached hydrogens (tertiary/aromatic N) is 2. The van der Waals surface area contributed by atoms with Crippen molar-refractivity contribution in [1.29, 1.82) is 0 Å². The topological polar surface area (TPSA) is 88.3 Å². The van der Waals surface area contributed by atoms with Gasteiger partial charge in [-0.05, 0) is 43.2 Å². The molecule has 1 aliphatic heterocycles. The first-order valence-electron chi connectivity index (χ1n) is 7.38. The Morgan fingerprint density at radius 1 is 1.38 bits per heavy atom. The Labute approximate surface area is 126 Å². The lowest BCUT2D eigenvalue weighted by atomic mass is 9.89.